The van der Waals surface area contributed by atoms with Crippen molar-refractivity contribution in [1.29, 1.82) is 5.26 Å². The maximum atomic E-state index is 15.3. The monoisotopic (exact) mass is 634 g/mol. The fraction of sp³-hybridized carbons (Fsp3) is 0.300. The molecule has 2 aromatic carbocycles. The van der Waals surface area contributed by atoms with Crippen molar-refractivity contribution < 1.29 is 18.3 Å². The van der Waals surface area contributed by atoms with Crippen LogP contribution in [0.25, 0.3) is 16.2 Å². The first-order valence-electron chi connectivity index (χ1n) is 13.9. The number of benzene rings is 2. The Morgan fingerprint density at radius 1 is 1.11 bits per heavy atom. The number of imidazole rings is 1. The number of rotatable bonds is 8. The minimum absolute atomic E-state index is 0.0719. The van der Waals surface area contributed by atoms with Gasteiger partial charge in [-0.15, -0.1) is 5.10 Å². The quantitative estimate of drug-likeness (QED) is 0.203. The Hall–Kier alpha value is -4.61. The van der Waals surface area contributed by atoms with Gasteiger partial charge in [-0.2, -0.15) is 9.78 Å². The van der Waals surface area contributed by atoms with Gasteiger partial charge in [0.05, 0.1) is 18.3 Å². The number of nitrogens with zero attached hydrogens (tertiary/aromatic N) is 8. The topological polar surface area (TPSA) is 103 Å². The summed E-state index contributed by atoms with van der Waals surface area (Å²) in [5.41, 5.74) is 2.76. The van der Waals surface area contributed by atoms with E-state index < -0.39 is 18.3 Å². The highest BCUT2D eigenvalue weighted by Crippen LogP contribution is 2.38. The van der Waals surface area contributed by atoms with Gasteiger partial charge in [0.25, 0.3) is 0 Å². The predicted molar refractivity (Wildman–Crippen MR) is 166 cm³/mol. The van der Waals surface area contributed by atoms with Crippen molar-refractivity contribution in [3.63, 3.8) is 0 Å². The molecule has 2 atom stereocenters. The maximum Gasteiger partial charge on any atom is 0.410 e. The molecule has 14 heteroatoms. The van der Waals surface area contributed by atoms with E-state index in [0.717, 1.165) is 11.3 Å². The summed E-state index contributed by atoms with van der Waals surface area (Å²) in [6, 6.07) is 16.7. The van der Waals surface area contributed by atoms with Gasteiger partial charge < -0.3 is 19.4 Å². The fourth-order valence-corrected chi connectivity index (χ4v) is 6.90. The second-order valence-corrected chi connectivity index (χ2v) is 12.2. The van der Waals surface area contributed by atoms with E-state index in [-0.39, 0.29) is 25.5 Å². The van der Waals surface area contributed by atoms with E-state index in [0.29, 0.717) is 43.6 Å². The Morgan fingerprint density at radius 3 is 2.57 bits per heavy atom. The van der Waals surface area contributed by atoms with Crippen LogP contribution in [0.4, 0.5) is 29.7 Å². The lowest BCUT2D eigenvalue weighted by Crippen LogP contribution is -2.43. The number of aryl methyl sites for hydroxylation is 1. The summed E-state index contributed by atoms with van der Waals surface area (Å²) in [4.78, 5) is 28.2. The minimum Gasteiger partial charge on any atom is -0.445 e. The fourth-order valence-electron chi connectivity index (χ4n) is 5.12. The van der Waals surface area contributed by atoms with E-state index in [1.807, 2.05) is 54.1 Å². The number of ether oxygens (including phenoxy) is 1. The summed E-state index contributed by atoms with van der Waals surface area (Å²) in [5.74, 6) is 0.314. The van der Waals surface area contributed by atoms with Crippen LogP contribution in [-0.2, 0) is 17.8 Å². The summed E-state index contributed by atoms with van der Waals surface area (Å²) < 4.78 is 35.9. The SMILES string of the molecule is CCc1nc2sc(N3C[C@@H](N(C)C(=O)OCc4ccccc4)[C@@H](F)C3)nn2c1N(C)c1nc(-c2ccc(F)cc2)c(C#N)s1. The van der Waals surface area contributed by atoms with Crippen LogP contribution in [0.3, 0.4) is 0 Å². The van der Waals surface area contributed by atoms with Gasteiger partial charge in [-0.25, -0.2) is 23.5 Å². The van der Waals surface area contributed by atoms with Crippen molar-refractivity contribution in [3.8, 4) is 17.3 Å². The number of aromatic nitrogens is 4. The zero-order chi connectivity index (χ0) is 31.0. The van der Waals surface area contributed by atoms with Crippen LogP contribution in [0.2, 0.25) is 0 Å². The lowest BCUT2D eigenvalue weighted by molar-refractivity contribution is 0.0815. The molecule has 3 aromatic heterocycles. The number of anilines is 3. The van der Waals surface area contributed by atoms with Crippen molar-refractivity contribution in [2.24, 2.45) is 0 Å². The van der Waals surface area contributed by atoms with E-state index in [2.05, 4.69) is 6.07 Å². The average molecular weight is 635 g/mol. The highest BCUT2D eigenvalue weighted by Gasteiger charge is 2.39. The van der Waals surface area contributed by atoms with Crippen molar-refractivity contribution in [2.75, 3.05) is 37.0 Å². The van der Waals surface area contributed by atoms with E-state index >= 15 is 4.39 Å². The number of likely N-dealkylation sites (N-methyl/N-ethyl adjacent to an activating group) is 1. The molecule has 10 nitrogen and oxygen atoms in total. The van der Waals surface area contributed by atoms with Crippen molar-refractivity contribution in [3.05, 3.63) is 76.5 Å². The second kappa shape index (κ2) is 12.2. The van der Waals surface area contributed by atoms with Gasteiger partial charge in [0.2, 0.25) is 10.1 Å². The molecule has 1 aliphatic heterocycles. The molecule has 0 aliphatic carbocycles. The molecule has 1 fully saturated rings. The molecule has 0 radical (unpaired) electrons. The molecular formula is C30H28F2N8O2S2. The minimum atomic E-state index is -1.29. The molecule has 0 N–H and O–H groups in total. The Bertz CT molecular complexity index is 1830. The number of nitriles is 1. The van der Waals surface area contributed by atoms with Crippen molar-refractivity contribution in [1.82, 2.24) is 24.5 Å². The highest BCUT2D eigenvalue weighted by atomic mass is 32.1. The summed E-state index contributed by atoms with van der Waals surface area (Å²) in [5, 5.41) is 15.7. The number of alkyl halides is 1. The van der Waals surface area contributed by atoms with Gasteiger partial charge >= 0.3 is 6.09 Å². The summed E-state index contributed by atoms with van der Waals surface area (Å²) in [7, 11) is 3.38. The van der Waals surface area contributed by atoms with Crippen LogP contribution in [0.1, 0.15) is 23.1 Å². The van der Waals surface area contributed by atoms with E-state index in [1.165, 1.54) is 39.7 Å². The first-order chi connectivity index (χ1) is 21.3. The third-order valence-electron chi connectivity index (χ3n) is 7.49. The van der Waals surface area contributed by atoms with Crippen LogP contribution < -0.4 is 9.80 Å². The van der Waals surface area contributed by atoms with Crippen LogP contribution in [0, 0.1) is 17.1 Å². The van der Waals surface area contributed by atoms with Crippen LogP contribution in [-0.4, -0.2) is 70.0 Å². The normalized spacial score (nSPS) is 16.3. The summed E-state index contributed by atoms with van der Waals surface area (Å²) in [6.45, 7) is 2.42. The molecule has 6 rings (SSSR count). The van der Waals surface area contributed by atoms with Gasteiger partial charge in [0, 0.05) is 26.2 Å². The number of hydrogen-bond donors (Lipinski definition) is 0. The number of carbonyl (C=O) groups excluding carboxylic acids is 1. The first-order valence-corrected chi connectivity index (χ1v) is 15.5. The first kappa shape index (κ1) is 29.5. The van der Waals surface area contributed by atoms with Gasteiger partial charge in [-0.1, -0.05) is 59.9 Å². The van der Waals surface area contributed by atoms with Gasteiger partial charge in [0.15, 0.2) is 10.9 Å². The molecule has 1 amide bonds. The third kappa shape index (κ3) is 5.56. The smallest absolute Gasteiger partial charge is 0.410 e. The number of fused-ring (bicyclic) bond motifs is 1. The van der Waals surface area contributed by atoms with Crippen LogP contribution >= 0.6 is 22.7 Å². The lowest BCUT2D eigenvalue weighted by Gasteiger charge is -2.25. The Labute approximate surface area is 260 Å². The molecule has 226 valence electrons. The molecule has 0 unspecified atom stereocenters. The van der Waals surface area contributed by atoms with Crippen LogP contribution in [0.15, 0.2) is 54.6 Å². The average Bonchev–Trinajstić information content (AvgIpc) is 3.81. The summed E-state index contributed by atoms with van der Waals surface area (Å²) in [6.07, 6.45) is -1.26. The zero-order valence-electron chi connectivity index (χ0n) is 24.1. The third-order valence-corrected chi connectivity index (χ3v) is 9.50. The van der Waals surface area contributed by atoms with Crippen LogP contribution in [0.5, 0.6) is 0 Å². The molecule has 1 saturated heterocycles. The van der Waals surface area contributed by atoms with Gasteiger partial charge in [-0.3, -0.25) is 0 Å². The molecule has 4 heterocycles. The molecule has 44 heavy (non-hydrogen) atoms. The van der Waals surface area contributed by atoms with Gasteiger partial charge in [0.1, 0.15) is 35.2 Å². The predicted octanol–water partition coefficient (Wildman–Crippen LogP) is 6.05. The molecule has 0 spiro atoms. The molecule has 0 bridgehead atoms. The Kier molecular flexibility index (Phi) is 8.15. The number of hydrogen-bond acceptors (Lipinski definition) is 10. The van der Waals surface area contributed by atoms with E-state index in [4.69, 9.17) is 19.8 Å². The lowest BCUT2D eigenvalue weighted by atomic mass is 10.1. The summed E-state index contributed by atoms with van der Waals surface area (Å²) >= 11 is 2.55. The number of amides is 1. The van der Waals surface area contributed by atoms with E-state index in [9.17, 15) is 14.4 Å². The Balaban J connectivity index is 1.22. The molecule has 1 aliphatic rings. The largest absolute Gasteiger partial charge is 0.445 e. The molecule has 5 aromatic rings. The number of halogens is 2. The van der Waals surface area contributed by atoms with Gasteiger partial charge in [-0.05, 0) is 36.2 Å². The zero-order valence-corrected chi connectivity index (χ0v) is 25.8. The standard InChI is InChI=1S/C30H28F2N8O2S2/c1-4-22-26(38(3)27-35-25(24(14-33)43-27)19-10-12-20(31)13-11-19)40-28(34-22)44-29(36-40)39-15-21(32)23(16-39)37(2)30(41)42-17-18-8-6-5-7-9-18/h5-13,21,23H,4,15-17H2,1-3H3/t21-,23+/m0/s1. The second-order valence-electron chi connectivity index (χ2n) is 10.3. The number of carbonyl (C=O) groups is 1. The Morgan fingerprint density at radius 2 is 1.86 bits per heavy atom. The van der Waals surface area contributed by atoms with Crippen molar-refractivity contribution >= 4 is 49.8 Å². The highest BCUT2D eigenvalue weighted by molar-refractivity contribution is 7.20. The molecule has 0 saturated carbocycles. The maximum absolute atomic E-state index is 15.3. The van der Waals surface area contributed by atoms with E-state index in [1.54, 1.807) is 23.7 Å². The number of thiazole rings is 1. The molecular weight excluding hydrogens is 607 g/mol. The van der Waals surface area contributed by atoms with Crippen molar-refractivity contribution in [2.45, 2.75) is 32.2 Å².